The van der Waals surface area contributed by atoms with Gasteiger partial charge in [0, 0.05) is 18.8 Å². The Balaban J connectivity index is 3.08. The average molecular weight is 258 g/mol. The molecule has 0 fully saturated rings. The first kappa shape index (κ1) is 13.4. The first-order valence-electron chi connectivity index (χ1n) is 4.82. The van der Waals surface area contributed by atoms with Crippen molar-refractivity contribution in [3.8, 4) is 0 Å². The summed E-state index contributed by atoms with van der Waals surface area (Å²) < 4.78 is 4.51. The molecular formula is C11H12ClNO4. The molecule has 0 aromatic carbocycles. The highest BCUT2D eigenvalue weighted by molar-refractivity contribution is 6.31. The summed E-state index contributed by atoms with van der Waals surface area (Å²) in [6.07, 6.45) is 2.84. The average Bonchev–Trinajstić information content (AvgIpc) is 2.30. The second-order valence-corrected chi connectivity index (χ2v) is 4.18. The van der Waals surface area contributed by atoms with Gasteiger partial charge >= 0.3 is 11.9 Å². The molecule has 1 unspecified atom stereocenters. The highest BCUT2D eigenvalue weighted by atomic mass is 35.5. The lowest BCUT2D eigenvalue weighted by atomic mass is 9.84. The number of rotatable bonds is 4. The van der Waals surface area contributed by atoms with Crippen molar-refractivity contribution in [2.24, 2.45) is 5.41 Å². The fourth-order valence-electron chi connectivity index (χ4n) is 1.39. The molecule has 5 nitrogen and oxygen atoms in total. The SMILES string of the molecule is COC(=O)C(C)(Cc1ccncc1Cl)C(=O)O. The van der Waals surface area contributed by atoms with Crippen LogP contribution in [0.15, 0.2) is 18.5 Å². The number of halogens is 1. The second-order valence-electron chi connectivity index (χ2n) is 3.77. The van der Waals surface area contributed by atoms with Gasteiger partial charge in [0.2, 0.25) is 0 Å². The predicted molar refractivity (Wildman–Crippen MR) is 60.7 cm³/mol. The van der Waals surface area contributed by atoms with Gasteiger partial charge in [0.15, 0.2) is 5.41 Å². The third-order valence-electron chi connectivity index (χ3n) is 2.51. The quantitative estimate of drug-likeness (QED) is 0.654. The molecule has 1 aromatic heterocycles. The van der Waals surface area contributed by atoms with Crippen LogP contribution in [0.5, 0.6) is 0 Å². The van der Waals surface area contributed by atoms with Crippen molar-refractivity contribution in [1.82, 2.24) is 4.98 Å². The third-order valence-corrected chi connectivity index (χ3v) is 2.85. The minimum atomic E-state index is -1.65. The molecule has 6 heteroatoms. The van der Waals surface area contributed by atoms with Crippen LogP contribution in [-0.2, 0) is 20.7 Å². The fourth-order valence-corrected chi connectivity index (χ4v) is 1.57. The van der Waals surface area contributed by atoms with Gasteiger partial charge in [-0.3, -0.25) is 14.6 Å². The summed E-state index contributed by atoms with van der Waals surface area (Å²) >= 11 is 5.88. The number of carboxylic acid groups (broad SMARTS) is 1. The first-order valence-corrected chi connectivity index (χ1v) is 5.20. The number of carboxylic acids is 1. The number of carbonyl (C=O) groups is 2. The minimum absolute atomic E-state index is 0.0453. The normalized spacial score (nSPS) is 13.8. The van der Waals surface area contributed by atoms with Gasteiger partial charge in [0.1, 0.15) is 0 Å². The Morgan fingerprint density at radius 2 is 2.24 bits per heavy atom. The molecule has 92 valence electrons. The van der Waals surface area contributed by atoms with E-state index in [1.54, 1.807) is 6.07 Å². The Bertz CT molecular complexity index is 449. The number of nitrogens with zero attached hydrogens (tertiary/aromatic N) is 1. The Morgan fingerprint density at radius 3 is 2.71 bits per heavy atom. The van der Waals surface area contributed by atoms with Gasteiger partial charge in [0.05, 0.1) is 12.1 Å². The molecule has 1 rings (SSSR count). The molecule has 1 atom stereocenters. The number of ether oxygens (including phenoxy) is 1. The van der Waals surface area contributed by atoms with Gasteiger partial charge in [0.25, 0.3) is 0 Å². The van der Waals surface area contributed by atoms with Crippen LogP contribution in [0.1, 0.15) is 12.5 Å². The highest BCUT2D eigenvalue weighted by Gasteiger charge is 2.43. The van der Waals surface area contributed by atoms with E-state index in [0.717, 1.165) is 7.11 Å². The maximum Gasteiger partial charge on any atom is 0.323 e. The lowest BCUT2D eigenvalue weighted by Gasteiger charge is -2.22. The lowest BCUT2D eigenvalue weighted by Crippen LogP contribution is -2.39. The van der Waals surface area contributed by atoms with Gasteiger partial charge in [-0.05, 0) is 18.6 Å². The van der Waals surface area contributed by atoms with Gasteiger partial charge in [-0.25, -0.2) is 0 Å². The number of carbonyl (C=O) groups excluding carboxylic acids is 1. The van der Waals surface area contributed by atoms with Crippen molar-refractivity contribution in [2.45, 2.75) is 13.3 Å². The van der Waals surface area contributed by atoms with Crippen LogP contribution in [0.25, 0.3) is 0 Å². The molecule has 0 radical (unpaired) electrons. The number of aliphatic carboxylic acids is 1. The summed E-state index contributed by atoms with van der Waals surface area (Å²) in [6, 6.07) is 1.58. The monoisotopic (exact) mass is 257 g/mol. The zero-order chi connectivity index (χ0) is 13.1. The molecule has 1 aromatic rings. The molecule has 0 aliphatic heterocycles. The molecule has 17 heavy (non-hydrogen) atoms. The van der Waals surface area contributed by atoms with E-state index in [1.165, 1.54) is 19.3 Å². The zero-order valence-electron chi connectivity index (χ0n) is 9.44. The van der Waals surface area contributed by atoms with Gasteiger partial charge in [-0.1, -0.05) is 11.6 Å². The topological polar surface area (TPSA) is 76.5 Å². The summed E-state index contributed by atoms with van der Waals surface area (Å²) in [5.74, 6) is -2.06. The van der Waals surface area contributed by atoms with Crippen LogP contribution in [0.4, 0.5) is 0 Å². The molecule has 0 saturated carbocycles. The molecule has 0 aliphatic rings. The molecule has 0 saturated heterocycles. The molecule has 1 N–H and O–H groups in total. The van der Waals surface area contributed by atoms with Crippen molar-refractivity contribution in [3.63, 3.8) is 0 Å². The highest BCUT2D eigenvalue weighted by Crippen LogP contribution is 2.28. The van der Waals surface area contributed by atoms with Gasteiger partial charge in [-0.15, -0.1) is 0 Å². The molecule has 1 heterocycles. The van der Waals surface area contributed by atoms with E-state index in [9.17, 15) is 9.59 Å². The van der Waals surface area contributed by atoms with E-state index < -0.39 is 17.4 Å². The van der Waals surface area contributed by atoms with E-state index in [0.29, 0.717) is 10.6 Å². The summed E-state index contributed by atoms with van der Waals surface area (Å²) in [5.41, 5.74) is -1.11. The van der Waals surface area contributed by atoms with Crippen molar-refractivity contribution in [3.05, 3.63) is 29.0 Å². The van der Waals surface area contributed by atoms with Crippen molar-refractivity contribution < 1.29 is 19.4 Å². The fraction of sp³-hybridized carbons (Fsp3) is 0.364. The predicted octanol–water partition coefficient (Wildman–Crippen LogP) is 1.54. The molecule has 0 bridgehead atoms. The van der Waals surface area contributed by atoms with Crippen molar-refractivity contribution in [2.75, 3.05) is 7.11 Å². The van der Waals surface area contributed by atoms with Crippen molar-refractivity contribution >= 4 is 23.5 Å². The maximum atomic E-state index is 11.5. The van der Waals surface area contributed by atoms with E-state index >= 15 is 0 Å². The largest absolute Gasteiger partial charge is 0.480 e. The van der Waals surface area contributed by atoms with Crippen LogP contribution in [0.2, 0.25) is 5.02 Å². The summed E-state index contributed by atoms with van der Waals surface area (Å²) in [4.78, 5) is 26.5. The minimum Gasteiger partial charge on any atom is -0.480 e. The van der Waals surface area contributed by atoms with E-state index in [4.69, 9.17) is 16.7 Å². The van der Waals surface area contributed by atoms with E-state index in [1.807, 2.05) is 0 Å². The van der Waals surface area contributed by atoms with Crippen molar-refractivity contribution in [1.29, 1.82) is 0 Å². The Labute approximate surface area is 103 Å². The summed E-state index contributed by atoms with van der Waals surface area (Å²) in [7, 11) is 1.15. The number of hydrogen-bond acceptors (Lipinski definition) is 4. The number of aromatic nitrogens is 1. The van der Waals surface area contributed by atoms with Gasteiger partial charge < -0.3 is 9.84 Å². The Hall–Kier alpha value is -1.62. The number of pyridine rings is 1. The van der Waals surface area contributed by atoms with Crippen LogP contribution in [0.3, 0.4) is 0 Å². The number of esters is 1. The smallest absolute Gasteiger partial charge is 0.323 e. The maximum absolute atomic E-state index is 11.5. The summed E-state index contributed by atoms with van der Waals surface area (Å²) in [5, 5.41) is 9.45. The first-order chi connectivity index (χ1) is 7.91. The Kier molecular flexibility index (Phi) is 4.07. The number of hydrogen-bond donors (Lipinski definition) is 1. The van der Waals surface area contributed by atoms with Crippen LogP contribution in [0, 0.1) is 5.41 Å². The van der Waals surface area contributed by atoms with Crippen LogP contribution < -0.4 is 0 Å². The third kappa shape index (κ3) is 2.74. The number of methoxy groups -OCH3 is 1. The summed E-state index contributed by atoms with van der Waals surface area (Å²) in [6.45, 7) is 1.30. The lowest BCUT2D eigenvalue weighted by molar-refractivity contribution is -0.165. The standard InChI is InChI=1S/C11H12ClNO4/c1-11(9(14)15,10(16)17-2)5-7-3-4-13-6-8(7)12/h3-4,6H,5H2,1-2H3,(H,14,15). The van der Waals surface area contributed by atoms with Crippen LogP contribution >= 0.6 is 11.6 Å². The van der Waals surface area contributed by atoms with E-state index in [-0.39, 0.29) is 6.42 Å². The van der Waals surface area contributed by atoms with Crippen LogP contribution in [-0.4, -0.2) is 29.1 Å². The molecule has 0 amide bonds. The van der Waals surface area contributed by atoms with Gasteiger partial charge in [-0.2, -0.15) is 0 Å². The molecular weight excluding hydrogens is 246 g/mol. The Morgan fingerprint density at radius 1 is 1.59 bits per heavy atom. The zero-order valence-corrected chi connectivity index (χ0v) is 10.2. The second kappa shape index (κ2) is 5.14. The van der Waals surface area contributed by atoms with E-state index in [2.05, 4.69) is 9.72 Å². The molecule has 0 spiro atoms. The molecule has 0 aliphatic carbocycles.